The van der Waals surface area contributed by atoms with Gasteiger partial charge in [-0.3, -0.25) is 19.3 Å². The molecule has 6 heteroatoms. The third-order valence-electron chi connectivity index (χ3n) is 5.13. The number of imide groups is 1. The SMILES string of the molecule is O=C(NCCCN1C(=O)C=CC1=O)c1ccc(CC2(F)C#CCCCCC2)cc1. The van der Waals surface area contributed by atoms with Gasteiger partial charge in [-0.05, 0) is 43.4 Å². The summed E-state index contributed by atoms with van der Waals surface area (Å²) >= 11 is 0. The summed E-state index contributed by atoms with van der Waals surface area (Å²) in [6.07, 6.45) is 7.28. The molecule has 1 aromatic rings. The molecule has 3 rings (SSSR count). The molecule has 0 saturated heterocycles. The normalized spacial score (nSPS) is 21.3. The molecule has 1 aliphatic heterocycles. The van der Waals surface area contributed by atoms with E-state index in [1.165, 1.54) is 12.2 Å². The molecular weight excluding hydrogens is 371 g/mol. The third-order valence-corrected chi connectivity index (χ3v) is 5.13. The fourth-order valence-electron chi connectivity index (χ4n) is 3.50. The Morgan fingerprint density at radius 1 is 1.10 bits per heavy atom. The van der Waals surface area contributed by atoms with Crippen LogP contribution in [0, 0.1) is 11.8 Å². The topological polar surface area (TPSA) is 66.5 Å². The number of nitrogens with one attached hydrogen (secondary N) is 1. The van der Waals surface area contributed by atoms with E-state index < -0.39 is 5.67 Å². The Labute approximate surface area is 170 Å². The van der Waals surface area contributed by atoms with Gasteiger partial charge in [-0.25, -0.2) is 4.39 Å². The number of nitrogens with zero attached hydrogens (tertiary/aromatic N) is 1. The highest BCUT2D eigenvalue weighted by Gasteiger charge is 2.28. The summed E-state index contributed by atoms with van der Waals surface area (Å²) in [6.45, 7) is 0.615. The predicted octanol–water partition coefficient (Wildman–Crippen LogP) is 2.95. The lowest BCUT2D eigenvalue weighted by molar-refractivity contribution is -0.136. The van der Waals surface area contributed by atoms with Crippen molar-refractivity contribution in [1.82, 2.24) is 10.2 Å². The molecule has 2 aliphatic rings. The zero-order valence-corrected chi connectivity index (χ0v) is 16.4. The highest BCUT2D eigenvalue weighted by molar-refractivity contribution is 6.12. The number of alkyl halides is 1. The van der Waals surface area contributed by atoms with Crippen molar-refractivity contribution in [2.24, 2.45) is 0 Å². The Balaban J connectivity index is 1.47. The Kier molecular flexibility index (Phi) is 6.82. The van der Waals surface area contributed by atoms with Crippen LogP contribution in [0.15, 0.2) is 36.4 Å². The van der Waals surface area contributed by atoms with Crippen molar-refractivity contribution in [3.8, 4) is 11.8 Å². The molecular formula is C23H25FN2O3. The maximum atomic E-state index is 15.0. The van der Waals surface area contributed by atoms with Gasteiger partial charge in [0.2, 0.25) is 0 Å². The minimum atomic E-state index is -1.50. The summed E-state index contributed by atoms with van der Waals surface area (Å²) in [4.78, 5) is 36.3. The van der Waals surface area contributed by atoms with Crippen LogP contribution in [0.5, 0.6) is 0 Å². The first kappa shape index (κ1) is 20.8. The Morgan fingerprint density at radius 3 is 2.55 bits per heavy atom. The largest absolute Gasteiger partial charge is 0.352 e. The van der Waals surface area contributed by atoms with Gasteiger partial charge in [-0.15, -0.1) is 0 Å². The number of hydrogen-bond donors (Lipinski definition) is 1. The first-order valence-corrected chi connectivity index (χ1v) is 10.1. The zero-order chi connectivity index (χ0) is 20.7. The first-order valence-electron chi connectivity index (χ1n) is 10.1. The smallest absolute Gasteiger partial charge is 0.253 e. The summed E-state index contributed by atoms with van der Waals surface area (Å²) in [5, 5.41) is 2.77. The minimum Gasteiger partial charge on any atom is -0.352 e. The molecule has 0 radical (unpaired) electrons. The molecule has 1 atom stereocenters. The molecule has 0 saturated carbocycles. The quantitative estimate of drug-likeness (QED) is 0.438. The van der Waals surface area contributed by atoms with E-state index >= 15 is 4.39 Å². The van der Waals surface area contributed by atoms with Crippen LogP contribution < -0.4 is 5.32 Å². The maximum Gasteiger partial charge on any atom is 0.253 e. The molecule has 1 heterocycles. The maximum absolute atomic E-state index is 15.0. The summed E-state index contributed by atoms with van der Waals surface area (Å²) in [5.74, 6) is 4.85. The number of carbonyl (C=O) groups excluding carboxylic acids is 3. The lowest BCUT2D eigenvalue weighted by atomic mass is 9.89. The second-order valence-corrected chi connectivity index (χ2v) is 7.47. The van der Waals surface area contributed by atoms with Gasteiger partial charge in [0.05, 0.1) is 0 Å². The van der Waals surface area contributed by atoms with Crippen LogP contribution in [0.2, 0.25) is 0 Å². The molecule has 1 unspecified atom stereocenters. The summed E-state index contributed by atoms with van der Waals surface area (Å²) in [7, 11) is 0. The zero-order valence-electron chi connectivity index (χ0n) is 16.4. The van der Waals surface area contributed by atoms with Crippen LogP contribution >= 0.6 is 0 Å². The second-order valence-electron chi connectivity index (χ2n) is 7.47. The summed E-state index contributed by atoms with van der Waals surface area (Å²) < 4.78 is 15.0. The van der Waals surface area contributed by atoms with Gasteiger partial charge in [-0.2, -0.15) is 0 Å². The van der Waals surface area contributed by atoms with Gasteiger partial charge in [0.15, 0.2) is 5.67 Å². The number of carbonyl (C=O) groups is 3. The van der Waals surface area contributed by atoms with Crippen LogP contribution in [-0.2, 0) is 16.0 Å². The molecule has 1 aromatic carbocycles. The van der Waals surface area contributed by atoms with E-state index in [0.29, 0.717) is 24.9 Å². The van der Waals surface area contributed by atoms with E-state index in [1.54, 1.807) is 24.3 Å². The molecule has 5 nitrogen and oxygen atoms in total. The van der Waals surface area contributed by atoms with E-state index in [-0.39, 0.29) is 30.7 Å². The monoisotopic (exact) mass is 396 g/mol. The van der Waals surface area contributed by atoms with E-state index in [2.05, 4.69) is 17.2 Å². The van der Waals surface area contributed by atoms with E-state index in [9.17, 15) is 14.4 Å². The number of benzene rings is 1. The Morgan fingerprint density at radius 2 is 1.83 bits per heavy atom. The minimum absolute atomic E-state index is 0.230. The number of rotatable bonds is 7. The van der Waals surface area contributed by atoms with Crippen molar-refractivity contribution < 1.29 is 18.8 Å². The second kappa shape index (κ2) is 9.51. The van der Waals surface area contributed by atoms with E-state index in [1.807, 2.05) is 0 Å². The third kappa shape index (κ3) is 5.77. The molecule has 152 valence electrons. The first-order chi connectivity index (χ1) is 14.0. The average molecular weight is 396 g/mol. The molecule has 3 amide bonds. The van der Waals surface area contributed by atoms with Crippen molar-refractivity contribution in [2.45, 2.75) is 50.6 Å². The molecule has 29 heavy (non-hydrogen) atoms. The number of halogens is 1. The van der Waals surface area contributed by atoms with Gasteiger partial charge in [0.1, 0.15) is 0 Å². The molecule has 1 N–H and O–H groups in total. The van der Waals surface area contributed by atoms with Crippen LogP contribution in [0.25, 0.3) is 0 Å². The Bertz CT molecular complexity index is 848. The number of hydrogen-bond acceptors (Lipinski definition) is 3. The lowest BCUT2D eigenvalue weighted by Crippen LogP contribution is -2.33. The lowest BCUT2D eigenvalue weighted by Gasteiger charge is -2.21. The van der Waals surface area contributed by atoms with Crippen molar-refractivity contribution in [2.75, 3.05) is 13.1 Å². The summed E-state index contributed by atoms with van der Waals surface area (Å²) in [6, 6.07) is 6.90. The van der Waals surface area contributed by atoms with Gasteiger partial charge in [-0.1, -0.05) is 30.4 Å². The number of amides is 3. The van der Waals surface area contributed by atoms with Crippen LogP contribution in [0.4, 0.5) is 4.39 Å². The summed E-state index contributed by atoms with van der Waals surface area (Å²) in [5.41, 5.74) is -0.193. The van der Waals surface area contributed by atoms with Gasteiger partial charge in [0.25, 0.3) is 17.7 Å². The average Bonchev–Trinajstić information content (AvgIpc) is 3.01. The molecule has 0 spiro atoms. The molecule has 0 fully saturated rings. The fourth-order valence-corrected chi connectivity index (χ4v) is 3.50. The molecule has 0 aromatic heterocycles. The molecule has 0 bridgehead atoms. The highest BCUT2D eigenvalue weighted by atomic mass is 19.1. The van der Waals surface area contributed by atoms with Gasteiger partial charge < -0.3 is 5.32 Å². The van der Waals surface area contributed by atoms with Crippen LogP contribution in [-0.4, -0.2) is 41.4 Å². The standard InChI is InChI=1S/C23H25FN2O3/c24-23(13-4-2-1-3-5-14-23)17-18-7-9-19(10-8-18)22(29)25-15-6-16-26-20(27)11-12-21(26)28/h7-12H,1-4,6,13,15-17H2,(H,25,29). The highest BCUT2D eigenvalue weighted by Crippen LogP contribution is 2.26. The van der Waals surface area contributed by atoms with Crippen molar-refractivity contribution >= 4 is 17.7 Å². The van der Waals surface area contributed by atoms with Crippen LogP contribution in [0.1, 0.15) is 54.4 Å². The fraction of sp³-hybridized carbons (Fsp3) is 0.435. The van der Waals surface area contributed by atoms with Gasteiger partial charge in [0, 0.05) is 43.6 Å². The van der Waals surface area contributed by atoms with Gasteiger partial charge >= 0.3 is 0 Å². The van der Waals surface area contributed by atoms with Crippen molar-refractivity contribution in [3.63, 3.8) is 0 Å². The van der Waals surface area contributed by atoms with E-state index in [0.717, 1.165) is 36.1 Å². The molecule has 1 aliphatic carbocycles. The van der Waals surface area contributed by atoms with Crippen molar-refractivity contribution in [3.05, 3.63) is 47.5 Å². The predicted molar refractivity (Wildman–Crippen MR) is 108 cm³/mol. The van der Waals surface area contributed by atoms with E-state index in [4.69, 9.17) is 0 Å². The van der Waals surface area contributed by atoms with Crippen LogP contribution in [0.3, 0.4) is 0 Å². The van der Waals surface area contributed by atoms with Crippen molar-refractivity contribution in [1.29, 1.82) is 0 Å². The Hall–Kier alpha value is -2.94.